The van der Waals surface area contributed by atoms with E-state index in [0.29, 0.717) is 5.69 Å². The van der Waals surface area contributed by atoms with Gasteiger partial charge in [0.1, 0.15) is 16.8 Å². The van der Waals surface area contributed by atoms with Crippen LogP contribution in [0.2, 0.25) is 0 Å². The van der Waals surface area contributed by atoms with Gasteiger partial charge in [0.25, 0.3) is 0 Å². The fourth-order valence-corrected chi connectivity index (χ4v) is 2.40. The molecule has 2 aromatic rings. The molecule has 0 aliphatic heterocycles. The van der Waals surface area contributed by atoms with Crippen molar-refractivity contribution < 1.29 is 0 Å². The Morgan fingerprint density at radius 3 is 2.78 bits per heavy atom. The molecular weight excluding hydrogens is 244 g/mol. The van der Waals surface area contributed by atoms with Crippen LogP contribution >= 0.6 is 11.3 Å². The van der Waals surface area contributed by atoms with Crippen molar-refractivity contribution in [2.75, 3.05) is 5.32 Å². The predicted octanol–water partition coefficient (Wildman–Crippen LogP) is 3.15. The molecule has 2 heterocycles. The smallest absolute Gasteiger partial charge is 0.140 e. The summed E-state index contributed by atoms with van der Waals surface area (Å²) >= 11 is 1.72. The predicted molar refractivity (Wildman–Crippen MR) is 72.5 cm³/mol. The molecule has 0 aliphatic rings. The van der Waals surface area contributed by atoms with E-state index in [1.54, 1.807) is 23.6 Å². The van der Waals surface area contributed by atoms with Gasteiger partial charge in [-0.2, -0.15) is 5.26 Å². The van der Waals surface area contributed by atoms with E-state index in [0.717, 1.165) is 17.1 Å². The molecule has 92 valence electrons. The Morgan fingerprint density at radius 2 is 2.22 bits per heavy atom. The fourth-order valence-electron chi connectivity index (χ4n) is 1.54. The number of hydrogen-bond donors (Lipinski definition) is 1. The number of hydrogen-bond acceptors (Lipinski definition) is 5. The quantitative estimate of drug-likeness (QED) is 0.915. The minimum atomic E-state index is 0.144. The molecule has 1 unspecified atom stereocenters. The largest absolute Gasteiger partial charge is 0.375 e. The van der Waals surface area contributed by atoms with Crippen molar-refractivity contribution in [3.05, 3.63) is 40.1 Å². The number of nitriles is 1. The Morgan fingerprint density at radius 1 is 1.39 bits per heavy atom. The van der Waals surface area contributed by atoms with Gasteiger partial charge in [0.2, 0.25) is 0 Å². The molecule has 0 saturated heterocycles. The number of nitrogens with zero attached hydrogens (tertiary/aromatic N) is 3. The van der Waals surface area contributed by atoms with Gasteiger partial charge in [-0.05, 0) is 25.5 Å². The van der Waals surface area contributed by atoms with Crippen molar-refractivity contribution in [1.29, 1.82) is 5.26 Å². The van der Waals surface area contributed by atoms with Gasteiger partial charge in [0.05, 0.1) is 17.9 Å². The normalized spacial score (nSPS) is 11.8. The molecule has 4 nitrogen and oxygen atoms in total. The van der Waals surface area contributed by atoms with E-state index in [1.165, 1.54) is 4.88 Å². The number of anilines is 1. The molecule has 0 saturated carbocycles. The van der Waals surface area contributed by atoms with E-state index in [4.69, 9.17) is 5.26 Å². The summed E-state index contributed by atoms with van der Waals surface area (Å²) in [6, 6.07) is 5.70. The van der Waals surface area contributed by atoms with Gasteiger partial charge >= 0.3 is 0 Å². The van der Waals surface area contributed by atoms with Gasteiger partial charge in [-0.3, -0.25) is 0 Å². The molecule has 0 bridgehead atoms. The first-order valence-electron chi connectivity index (χ1n) is 5.80. The Balaban J connectivity index is 2.06. The first-order valence-corrected chi connectivity index (χ1v) is 6.62. The van der Waals surface area contributed by atoms with Crippen molar-refractivity contribution in [2.24, 2.45) is 0 Å². The highest BCUT2D eigenvalue weighted by Crippen LogP contribution is 2.23. The third-order valence-corrected chi connectivity index (χ3v) is 3.88. The first-order chi connectivity index (χ1) is 8.72. The lowest BCUT2D eigenvalue weighted by Gasteiger charge is -2.12. The minimum absolute atomic E-state index is 0.144. The molecule has 1 atom stereocenters. The highest BCUT2D eigenvalue weighted by molar-refractivity contribution is 7.11. The Kier molecular flexibility index (Phi) is 3.90. The van der Waals surface area contributed by atoms with Crippen LogP contribution in [0.25, 0.3) is 0 Å². The van der Waals surface area contributed by atoms with Crippen LogP contribution in [0.4, 0.5) is 5.69 Å². The summed E-state index contributed by atoms with van der Waals surface area (Å²) < 4.78 is 0. The van der Waals surface area contributed by atoms with Crippen LogP contribution in [-0.4, -0.2) is 9.97 Å². The lowest BCUT2D eigenvalue weighted by molar-refractivity contribution is 0.867. The maximum Gasteiger partial charge on any atom is 0.140 e. The van der Waals surface area contributed by atoms with Gasteiger partial charge in [0, 0.05) is 11.1 Å². The van der Waals surface area contributed by atoms with Crippen LogP contribution in [0.3, 0.4) is 0 Å². The average Bonchev–Trinajstić information content (AvgIpc) is 2.88. The van der Waals surface area contributed by atoms with Crippen molar-refractivity contribution in [1.82, 2.24) is 9.97 Å². The zero-order valence-electron chi connectivity index (χ0n) is 10.3. The molecule has 2 aromatic heterocycles. The van der Waals surface area contributed by atoms with Gasteiger partial charge < -0.3 is 5.32 Å². The second kappa shape index (κ2) is 5.61. The lowest BCUT2D eigenvalue weighted by Crippen LogP contribution is -2.06. The summed E-state index contributed by atoms with van der Waals surface area (Å²) in [6.07, 6.45) is 4.61. The van der Waals surface area contributed by atoms with Crippen LogP contribution in [0.1, 0.15) is 35.5 Å². The zero-order valence-corrected chi connectivity index (χ0v) is 11.2. The molecular formula is C13H14N4S. The summed E-state index contributed by atoms with van der Waals surface area (Å²) in [5, 5.41) is 13.1. The Labute approximate surface area is 110 Å². The molecule has 2 rings (SSSR count). The highest BCUT2D eigenvalue weighted by Gasteiger charge is 2.10. The van der Waals surface area contributed by atoms with Crippen LogP contribution in [-0.2, 0) is 6.42 Å². The molecule has 1 N–H and O–H groups in total. The molecule has 0 aromatic carbocycles. The summed E-state index contributed by atoms with van der Waals surface area (Å²) in [7, 11) is 0. The number of rotatable bonds is 4. The average molecular weight is 258 g/mol. The lowest BCUT2D eigenvalue weighted by atomic mass is 10.3. The molecule has 0 radical (unpaired) electrons. The summed E-state index contributed by atoms with van der Waals surface area (Å²) in [6.45, 7) is 4.19. The molecule has 18 heavy (non-hydrogen) atoms. The Hall–Kier alpha value is -1.93. The second-order valence-electron chi connectivity index (χ2n) is 3.93. The third-order valence-electron chi connectivity index (χ3n) is 2.55. The Bertz CT molecular complexity index is 553. The fraction of sp³-hybridized carbons (Fsp3) is 0.308. The maximum absolute atomic E-state index is 8.68. The van der Waals surface area contributed by atoms with Gasteiger partial charge in [-0.15, -0.1) is 11.3 Å². The van der Waals surface area contributed by atoms with Crippen molar-refractivity contribution in [3.63, 3.8) is 0 Å². The van der Waals surface area contributed by atoms with E-state index in [2.05, 4.69) is 29.1 Å². The standard InChI is InChI=1S/C13H14N4S/c1-3-12-8-16-13(18-12)9(2)17-11-5-4-10(6-14)15-7-11/h4-5,7-9,17H,3H2,1-2H3. The van der Waals surface area contributed by atoms with E-state index in [-0.39, 0.29) is 6.04 Å². The van der Waals surface area contributed by atoms with Gasteiger partial charge in [-0.25, -0.2) is 9.97 Å². The van der Waals surface area contributed by atoms with Crippen molar-refractivity contribution in [2.45, 2.75) is 26.3 Å². The monoisotopic (exact) mass is 258 g/mol. The first kappa shape index (κ1) is 12.5. The summed E-state index contributed by atoms with van der Waals surface area (Å²) in [5.41, 5.74) is 1.32. The van der Waals surface area contributed by atoms with Crippen LogP contribution in [0.5, 0.6) is 0 Å². The number of thiazole rings is 1. The highest BCUT2D eigenvalue weighted by atomic mass is 32.1. The van der Waals surface area contributed by atoms with E-state index >= 15 is 0 Å². The van der Waals surface area contributed by atoms with Crippen LogP contribution < -0.4 is 5.32 Å². The number of aryl methyl sites for hydroxylation is 1. The molecule has 5 heteroatoms. The number of pyridine rings is 1. The maximum atomic E-state index is 8.68. The van der Waals surface area contributed by atoms with E-state index in [1.807, 2.05) is 18.3 Å². The summed E-state index contributed by atoms with van der Waals surface area (Å²) in [4.78, 5) is 9.71. The molecule has 0 fully saturated rings. The third kappa shape index (κ3) is 2.84. The van der Waals surface area contributed by atoms with Gasteiger partial charge in [-0.1, -0.05) is 6.92 Å². The van der Waals surface area contributed by atoms with E-state index in [9.17, 15) is 0 Å². The van der Waals surface area contributed by atoms with Crippen LogP contribution in [0.15, 0.2) is 24.5 Å². The van der Waals surface area contributed by atoms with Crippen molar-refractivity contribution in [3.8, 4) is 6.07 Å². The minimum Gasteiger partial charge on any atom is -0.375 e. The van der Waals surface area contributed by atoms with Gasteiger partial charge in [0.15, 0.2) is 0 Å². The van der Waals surface area contributed by atoms with E-state index < -0.39 is 0 Å². The second-order valence-corrected chi connectivity index (χ2v) is 5.08. The molecule has 0 aliphatic carbocycles. The van der Waals surface area contributed by atoms with Crippen LogP contribution in [0, 0.1) is 11.3 Å². The van der Waals surface area contributed by atoms with Crippen molar-refractivity contribution >= 4 is 17.0 Å². The number of nitrogens with one attached hydrogen (secondary N) is 1. The zero-order chi connectivity index (χ0) is 13.0. The number of aromatic nitrogens is 2. The SMILES string of the molecule is CCc1cnc(C(C)Nc2ccc(C#N)nc2)s1. The molecule has 0 amide bonds. The summed E-state index contributed by atoms with van der Waals surface area (Å²) in [5.74, 6) is 0. The topological polar surface area (TPSA) is 61.6 Å². The molecule has 0 spiro atoms.